The minimum atomic E-state index is -1.82. The SMILES string of the molecule is COc1ccc2nccc([C@@H](O)CN3CCN(C[C@@H](O)CNc4ccccc4)CC3)c2c1.O=C(O)C(=O)O.O=C(O)C(=O)O. The lowest BCUT2D eigenvalue weighted by atomic mass is 10.0. The van der Waals surface area contributed by atoms with E-state index in [9.17, 15) is 10.2 Å². The Kier molecular flexibility index (Phi) is 14.4. The minimum Gasteiger partial charge on any atom is -0.497 e. The van der Waals surface area contributed by atoms with E-state index in [0.29, 0.717) is 19.6 Å². The Morgan fingerprint density at radius 3 is 1.89 bits per heavy atom. The lowest BCUT2D eigenvalue weighted by molar-refractivity contribution is -0.159. The number of piperazine rings is 1. The van der Waals surface area contributed by atoms with Crippen molar-refractivity contribution in [2.45, 2.75) is 12.2 Å². The number of fused-ring (bicyclic) bond motifs is 1. The number of para-hydroxylation sites is 1. The van der Waals surface area contributed by atoms with Gasteiger partial charge in [-0.25, -0.2) is 19.2 Å². The number of ether oxygens (including phenoxy) is 1. The van der Waals surface area contributed by atoms with E-state index in [1.54, 1.807) is 13.3 Å². The number of pyridine rings is 1. The number of benzene rings is 2. The first-order valence-corrected chi connectivity index (χ1v) is 13.4. The molecule has 1 fully saturated rings. The van der Waals surface area contributed by atoms with E-state index in [0.717, 1.165) is 54.1 Å². The van der Waals surface area contributed by atoms with Crippen LogP contribution in [0.5, 0.6) is 5.75 Å². The van der Waals surface area contributed by atoms with Crippen molar-refractivity contribution < 1.29 is 54.6 Å². The summed E-state index contributed by atoms with van der Waals surface area (Å²) in [4.78, 5) is 45.4. The van der Waals surface area contributed by atoms with Crippen LogP contribution in [0.1, 0.15) is 11.7 Å². The number of rotatable bonds is 9. The molecule has 2 heterocycles. The summed E-state index contributed by atoms with van der Waals surface area (Å²) >= 11 is 0. The predicted molar refractivity (Wildman–Crippen MR) is 158 cm³/mol. The Bertz CT molecular complexity index is 1330. The first kappa shape index (κ1) is 35.4. The smallest absolute Gasteiger partial charge is 0.414 e. The molecule has 7 N–H and O–H groups in total. The monoisotopic (exact) mass is 616 g/mol. The van der Waals surface area contributed by atoms with E-state index in [2.05, 4.69) is 20.1 Å². The van der Waals surface area contributed by atoms with Gasteiger partial charge in [0, 0.05) is 63.1 Å². The molecule has 1 aliphatic rings. The summed E-state index contributed by atoms with van der Waals surface area (Å²) < 4.78 is 5.34. The molecule has 44 heavy (non-hydrogen) atoms. The molecule has 0 amide bonds. The molecule has 1 aromatic heterocycles. The van der Waals surface area contributed by atoms with Crippen LogP contribution in [0.4, 0.5) is 5.69 Å². The number of carboxylic acid groups (broad SMARTS) is 4. The summed E-state index contributed by atoms with van der Waals surface area (Å²) in [6.45, 7) is 5.22. The van der Waals surface area contributed by atoms with E-state index < -0.39 is 36.1 Å². The highest BCUT2D eigenvalue weighted by Crippen LogP contribution is 2.27. The molecule has 0 unspecified atom stereocenters. The van der Waals surface area contributed by atoms with E-state index >= 15 is 0 Å². The summed E-state index contributed by atoms with van der Waals surface area (Å²) in [5.41, 5.74) is 2.75. The number of hydrogen-bond donors (Lipinski definition) is 7. The highest BCUT2D eigenvalue weighted by Gasteiger charge is 2.22. The first-order valence-electron chi connectivity index (χ1n) is 13.4. The normalized spacial score (nSPS) is 14.5. The average Bonchev–Trinajstić information content (AvgIpc) is 3.01. The molecule has 2 aromatic carbocycles. The number of hydrogen-bond acceptors (Lipinski definition) is 11. The highest BCUT2D eigenvalue weighted by molar-refractivity contribution is 6.27. The second-order valence-corrected chi connectivity index (χ2v) is 9.52. The van der Waals surface area contributed by atoms with Gasteiger partial charge in [0.25, 0.3) is 0 Å². The number of carboxylic acids is 4. The maximum Gasteiger partial charge on any atom is 0.414 e. The molecule has 15 heteroatoms. The fourth-order valence-electron chi connectivity index (χ4n) is 4.22. The molecule has 2 atom stereocenters. The summed E-state index contributed by atoms with van der Waals surface area (Å²) in [7, 11) is 1.64. The molecule has 0 bridgehead atoms. The Labute approximate surface area is 252 Å². The third kappa shape index (κ3) is 12.2. The number of aromatic nitrogens is 1. The topological polar surface area (TPSA) is 230 Å². The van der Waals surface area contributed by atoms with Crippen LogP contribution < -0.4 is 10.1 Å². The van der Waals surface area contributed by atoms with E-state index in [1.807, 2.05) is 54.6 Å². The van der Waals surface area contributed by atoms with Gasteiger partial charge in [0.2, 0.25) is 0 Å². The molecule has 238 valence electrons. The van der Waals surface area contributed by atoms with Crippen molar-refractivity contribution in [3.05, 3.63) is 66.4 Å². The molecule has 0 radical (unpaired) electrons. The van der Waals surface area contributed by atoms with Gasteiger partial charge >= 0.3 is 23.9 Å². The fourth-order valence-corrected chi connectivity index (χ4v) is 4.22. The van der Waals surface area contributed by atoms with Crippen LogP contribution in [0.25, 0.3) is 10.9 Å². The molecule has 0 spiro atoms. The van der Waals surface area contributed by atoms with Crippen molar-refractivity contribution in [1.82, 2.24) is 14.8 Å². The minimum absolute atomic E-state index is 0.425. The van der Waals surface area contributed by atoms with Crippen LogP contribution in [-0.2, 0) is 19.2 Å². The van der Waals surface area contributed by atoms with Gasteiger partial charge in [-0.3, -0.25) is 14.8 Å². The van der Waals surface area contributed by atoms with Crippen LogP contribution in [0.2, 0.25) is 0 Å². The molecule has 0 aliphatic carbocycles. The average molecular weight is 617 g/mol. The summed E-state index contributed by atoms with van der Waals surface area (Å²) in [5.74, 6) is -6.54. The third-order valence-electron chi connectivity index (χ3n) is 6.39. The summed E-state index contributed by atoms with van der Waals surface area (Å²) in [6, 6.07) is 17.6. The number of aliphatic hydroxyl groups is 2. The Morgan fingerprint density at radius 1 is 0.818 bits per heavy atom. The molecule has 1 aliphatic heterocycles. The second-order valence-electron chi connectivity index (χ2n) is 9.52. The molecule has 4 rings (SSSR count). The van der Waals surface area contributed by atoms with Gasteiger partial charge in [-0.1, -0.05) is 18.2 Å². The molecular weight excluding hydrogens is 580 g/mol. The van der Waals surface area contributed by atoms with Crippen molar-refractivity contribution in [2.75, 3.05) is 58.2 Å². The van der Waals surface area contributed by atoms with Crippen molar-refractivity contribution in [2.24, 2.45) is 0 Å². The summed E-state index contributed by atoms with van der Waals surface area (Å²) in [5, 5.41) is 55.1. The van der Waals surface area contributed by atoms with Gasteiger partial charge < -0.3 is 40.7 Å². The number of methoxy groups -OCH3 is 1. The van der Waals surface area contributed by atoms with Crippen molar-refractivity contribution in [1.29, 1.82) is 0 Å². The van der Waals surface area contributed by atoms with Crippen LogP contribution in [-0.4, -0.2) is 128 Å². The largest absolute Gasteiger partial charge is 0.497 e. The predicted octanol–water partition coefficient (Wildman–Crippen LogP) is 0.679. The van der Waals surface area contributed by atoms with Crippen LogP contribution >= 0.6 is 0 Å². The van der Waals surface area contributed by atoms with Crippen LogP contribution in [0, 0.1) is 0 Å². The van der Waals surface area contributed by atoms with E-state index in [1.165, 1.54) is 0 Å². The standard InChI is InChI=1S/C25H32N4O3.2C2H2O4/c1-32-21-7-8-24-23(15-21)22(9-10-26-24)25(31)18-29-13-11-28(12-14-29)17-20(30)16-27-19-5-3-2-4-6-19;2*3-1(4)2(5)6/h2-10,15,20,25,27,30-31H,11-14,16-18H2,1H3;2*(H,3,4)(H,5,6)/t20-,25-;;/m0../s1. The molecule has 3 aromatic rings. The molecule has 15 nitrogen and oxygen atoms in total. The maximum absolute atomic E-state index is 11.0. The number of nitrogens with one attached hydrogen (secondary N) is 1. The van der Waals surface area contributed by atoms with Crippen LogP contribution in [0.3, 0.4) is 0 Å². The van der Waals surface area contributed by atoms with Gasteiger partial charge in [0.15, 0.2) is 0 Å². The zero-order valence-corrected chi connectivity index (χ0v) is 23.9. The highest BCUT2D eigenvalue weighted by atomic mass is 16.5. The number of β-amino-alcohol motifs (C(OH)–C–C–N with tert-alkyl or cyclic N) is 2. The van der Waals surface area contributed by atoms with Gasteiger partial charge in [-0.15, -0.1) is 0 Å². The van der Waals surface area contributed by atoms with Crippen molar-refractivity contribution in [3.8, 4) is 5.75 Å². The van der Waals surface area contributed by atoms with E-state index in [4.69, 9.17) is 44.3 Å². The second kappa shape index (κ2) is 18.0. The Hall–Kier alpha value is -4.83. The van der Waals surface area contributed by atoms with Gasteiger partial charge in [-0.05, 0) is 42.0 Å². The number of carbonyl (C=O) groups is 4. The molecule has 1 saturated heterocycles. The van der Waals surface area contributed by atoms with Gasteiger partial charge in [-0.2, -0.15) is 0 Å². The van der Waals surface area contributed by atoms with Crippen molar-refractivity contribution >= 4 is 40.5 Å². The summed E-state index contributed by atoms with van der Waals surface area (Å²) in [6.07, 6.45) is 0.723. The third-order valence-corrected chi connectivity index (χ3v) is 6.39. The first-order chi connectivity index (χ1) is 20.9. The lowest BCUT2D eigenvalue weighted by Gasteiger charge is -2.36. The van der Waals surface area contributed by atoms with Crippen LogP contribution in [0.15, 0.2) is 60.8 Å². The van der Waals surface area contributed by atoms with Gasteiger partial charge in [0.05, 0.1) is 24.8 Å². The van der Waals surface area contributed by atoms with Crippen molar-refractivity contribution in [3.63, 3.8) is 0 Å². The number of aliphatic hydroxyl groups excluding tert-OH is 2. The zero-order chi connectivity index (χ0) is 32.6. The Balaban J connectivity index is 0.000000477. The molecule has 0 saturated carbocycles. The number of aliphatic carboxylic acids is 4. The van der Waals surface area contributed by atoms with E-state index in [-0.39, 0.29) is 0 Å². The quantitative estimate of drug-likeness (QED) is 0.164. The fraction of sp³-hybridized carbons (Fsp3) is 0.345. The maximum atomic E-state index is 11.0. The Morgan fingerprint density at radius 2 is 1.36 bits per heavy atom. The number of anilines is 1. The zero-order valence-electron chi connectivity index (χ0n) is 23.9. The molecular formula is C29H36N4O11. The lowest BCUT2D eigenvalue weighted by Crippen LogP contribution is -2.50. The number of nitrogens with zero attached hydrogens (tertiary/aromatic N) is 3. The van der Waals surface area contributed by atoms with Gasteiger partial charge in [0.1, 0.15) is 5.75 Å².